The van der Waals surface area contributed by atoms with Crippen molar-refractivity contribution in [3.63, 3.8) is 0 Å². The maximum absolute atomic E-state index is 6.22. The topological polar surface area (TPSA) is 47.0 Å². The number of nitrogens with zero attached hydrogens (tertiary/aromatic N) is 2. The van der Waals surface area contributed by atoms with E-state index in [2.05, 4.69) is 40.6 Å². The molecule has 0 saturated carbocycles. The smallest absolute Gasteiger partial charge is 0.184 e. The molecular formula is C26H21N3OS. The number of nitrogens with one attached hydrogen (secondary N) is 1. The summed E-state index contributed by atoms with van der Waals surface area (Å²) in [5.74, 6) is 1.62. The number of pyridine rings is 1. The summed E-state index contributed by atoms with van der Waals surface area (Å²) in [4.78, 5) is 9.23. The van der Waals surface area contributed by atoms with Crippen molar-refractivity contribution < 1.29 is 4.74 Å². The zero-order chi connectivity index (χ0) is 20.6. The molecule has 0 radical (unpaired) electrons. The highest BCUT2D eigenvalue weighted by atomic mass is 32.1. The maximum atomic E-state index is 6.22. The van der Waals surface area contributed by atoms with E-state index >= 15 is 0 Å². The molecule has 2 aromatic heterocycles. The molecule has 1 unspecified atom stereocenters. The number of rotatable bonds is 4. The second-order valence-electron chi connectivity index (χ2n) is 7.86. The number of hydrogen-bond acceptors (Lipinski definition) is 5. The predicted molar refractivity (Wildman–Crippen MR) is 127 cm³/mol. The molecule has 5 heteroatoms. The van der Waals surface area contributed by atoms with E-state index in [4.69, 9.17) is 9.72 Å². The molecule has 5 aromatic rings. The van der Waals surface area contributed by atoms with E-state index in [1.807, 2.05) is 42.5 Å². The number of fused-ring (bicyclic) bond motifs is 3. The highest BCUT2D eigenvalue weighted by molar-refractivity contribution is 7.22. The first-order valence-electron chi connectivity index (χ1n) is 10.6. The van der Waals surface area contributed by atoms with Crippen LogP contribution in [0.25, 0.3) is 21.1 Å². The van der Waals surface area contributed by atoms with Gasteiger partial charge in [0, 0.05) is 17.6 Å². The highest BCUT2D eigenvalue weighted by Gasteiger charge is 2.20. The van der Waals surface area contributed by atoms with Gasteiger partial charge in [0.25, 0.3) is 0 Å². The molecule has 152 valence electrons. The Kier molecular flexibility index (Phi) is 4.54. The van der Waals surface area contributed by atoms with Crippen molar-refractivity contribution in [2.45, 2.75) is 25.3 Å². The Hall–Kier alpha value is -3.44. The van der Waals surface area contributed by atoms with E-state index in [1.54, 1.807) is 17.5 Å². The van der Waals surface area contributed by atoms with Gasteiger partial charge in [-0.15, -0.1) is 0 Å². The minimum absolute atomic E-state index is 0.324. The molecule has 31 heavy (non-hydrogen) atoms. The van der Waals surface area contributed by atoms with Crippen LogP contribution in [0.15, 0.2) is 79.0 Å². The zero-order valence-electron chi connectivity index (χ0n) is 16.9. The van der Waals surface area contributed by atoms with Crippen LogP contribution in [0.5, 0.6) is 11.5 Å². The Labute approximate surface area is 184 Å². The van der Waals surface area contributed by atoms with Gasteiger partial charge < -0.3 is 10.1 Å². The molecule has 1 aliphatic rings. The molecule has 0 aliphatic heterocycles. The predicted octanol–water partition coefficient (Wildman–Crippen LogP) is 7.13. The molecule has 3 aromatic carbocycles. The number of anilines is 1. The van der Waals surface area contributed by atoms with Crippen LogP contribution in [-0.4, -0.2) is 9.97 Å². The highest BCUT2D eigenvalue weighted by Crippen LogP contribution is 2.37. The van der Waals surface area contributed by atoms with E-state index in [1.165, 1.54) is 24.0 Å². The lowest BCUT2D eigenvalue weighted by atomic mass is 9.88. The van der Waals surface area contributed by atoms with Crippen LogP contribution in [0.2, 0.25) is 0 Å². The minimum Gasteiger partial charge on any atom is -0.457 e. The zero-order valence-corrected chi connectivity index (χ0v) is 17.7. The first-order chi connectivity index (χ1) is 15.3. The number of aromatic nitrogens is 2. The fourth-order valence-electron chi connectivity index (χ4n) is 4.37. The summed E-state index contributed by atoms with van der Waals surface area (Å²) in [6.45, 7) is 0. The van der Waals surface area contributed by atoms with Crippen LogP contribution < -0.4 is 10.1 Å². The van der Waals surface area contributed by atoms with E-state index in [-0.39, 0.29) is 0 Å². The van der Waals surface area contributed by atoms with Crippen LogP contribution in [-0.2, 0) is 6.42 Å². The molecule has 0 amide bonds. The molecule has 0 bridgehead atoms. The molecule has 0 fully saturated rings. The van der Waals surface area contributed by atoms with Crippen molar-refractivity contribution >= 4 is 37.6 Å². The van der Waals surface area contributed by atoms with Crippen molar-refractivity contribution in [1.29, 1.82) is 0 Å². The van der Waals surface area contributed by atoms with Gasteiger partial charge in [0.2, 0.25) is 0 Å². The van der Waals surface area contributed by atoms with Gasteiger partial charge in [-0.3, -0.25) is 4.98 Å². The lowest BCUT2D eigenvalue weighted by Crippen LogP contribution is -2.17. The third kappa shape index (κ3) is 3.51. The average molecular weight is 424 g/mol. The molecule has 6 rings (SSSR count). The van der Waals surface area contributed by atoms with E-state index in [0.29, 0.717) is 6.04 Å². The number of aryl methyl sites for hydroxylation is 1. The summed E-state index contributed by atoms with van der Waals surface area (Å²) in [6, 6.07) is 25.1. The first-order valence-corrected chi connectivity index (χ1v) is 11.4. The Morgan fingerprint density at radius 1 is 0.935 bits per heavy atom. The number of benzene rings is 3. The van der Waals surface area contributed by atoms with Crippen molar-refractivity contribution in [2.75, 3.05) is 5.32 Å². The summed E-state index contributed by atoms with van der Waals surface area (Å²) in [5.41, 5.74) is 4.77. The molecule has 1 aliphatic carbocycles. The largest absolute Gasteiger partial charge is 0.457 e. The summed E-state index contributed by atoms with van der Waals surface area (Å²) >= 11 is 1.68. The van der Waals surface area contributed by atoms with Crippen LogP contribution in [0.1, 0.15) is 30.0 Å². The third-order valence-corrected chi connectivity index (χ3v) is 6.81. The van der Waals surface area contributed by atoms with Crippen LogP contribution in [0, 0.1) is 0 Å². The second-order valence-corrected chi connectivity index (χ2v) is 8.90. The van der Waals surface area contributed by atoms with E-state index in [0.717, 1.165) is 44.2 Å². The fraction of sp³-hybridized carbons (Fsp3) is 0.154. The second kappa shape index (κ2) is 7.67. The van der Waals surface area contributed by atoms with Crippen LogP contribution >= 0.6 is 11.3 Å². The monoisotopic (exact) mass is 423 g/mol. The third-order valence-electron chi connectivity index (χ3n) is 5.86. The van der Waals surface area contributed by atoms with Gasteiger partial charge in [-0.2, -0.15) is 0 Å². The number of thiazole rings is 1. The minimum atomic E-state index is 0.324. The standard InChI is InChI=1S/C26H21N3OS/c1-2-8-19-17(6-1)7-5-11-22(19)28-26-29-23-13-12-18(16-25(23)31-26)30-24-14-15-27-21-10-4-3-9-20(21)24/h1-4,6,8-10,12-16,22H,5,7,11H2,(H,28,29). The van der Waals surface area contributed by atoms with E-state index < -0.39 is 0 Å². The maximum Gasteiger partial charge on any atom is 0.184 e. The van der Waals surface area contributed by atoms with Crippen LogP contribution in [0.4, 0.5) is 5.13 Å². The fourth-order valence-corrected chi connectivity index (χ4v) is 5.32. The van der Waals surface area contributed by atoms with Crippen LogP contribution in [0.3, 0.4) is 0 Å². The van der Waals surface area contributed by atoms with Gasteiger partial charge in [0.05, 0.1) is 21.8 Å². The van der Waals surface area contributed by atoms with E-state index in [9.17, 15) is 0 Å². The molecule has 4 nitrogen and oxygen atoms in total. The number of hydrogen-bond donors (Lipinski definition) is 1. The van der Waals surface area contributed by atoms with Gasteiger partial charge >= 0.3 is 0 Å². The lowest BCUT2D eigenvalue weighted by molar-refractivity contribution is 0.489. The molecule has 0 saturated heterocycles. The Morgan fingerprint density at radius 2 is 1.84 bits per heavy atom. The number of ether oxygens (including phenoxy) is 1. The molecule has 2 heterocycles. The van der Waals surface area contributed by atoms with Crippen molar-refractivity contribution in [3.05, 3.63) is 90.1 Å². The normalized spacial score (nSPS) is 15.7. The summed E-state index contributed by atoms with van der Waals surface area (Å²) in [5, 5.41) is 5.65. The lowest BCUT2D eigenvalue weighted by Gasteiger charge is -2.26. The summed E-state index contributed by atoms with van der Waals surface area (Å²) in [6.07, 6.45) is 5.29. The van der Waals surface area contributed by atoms with Gasteiger partial charge in [-0.1, -0.05) is 47.7 Å². The van der Waals surface area contributed by atoms with Gasteiger partial charge in [0.1, 0.15) is 11.5 Å². The van der Waals surface area contributed by atoms with Crippen molar-refractivity contribution in [2.24, 2.45) is 0 Å². The Balaban J connectivity index is 1.28. The van der Waals surface area contributed by atoms with Gasteiger partial charge in [-0.05, 0) is 60.7 Å². The summed E-state index contributed by atoms with van der Waals surface area (Å²) in [7, 11) is 0. The van der Waals surface area contributed by atoms with Crippen molar-refractivity contribution in [3.8, 4) is 11.5 Å². The average Bonchev–Trinajstić information content (AvgIpc) is 3.21. The molecular weight excluding hydrogens is 402 g/mol. The Bertz CT molecular complexity index is 1390. The Morgan fingerprint density at radius 3 is 2.84 bits per heavy atom. The quantitative estimate of drug-likeness (QED) is 0.334. The molecule has 1 N–H and O–H groups in total. The SMILES string of the molecule is c1ccc2c(c1)CCCC2Nc1nc2ccc(Oc3ccnc4ccccc34)cc2s1. The summed E-state index contributed by atoms with van der Waals surface area (Å²) < 4.78 is 7.34. The first kappa shape index (κ1) is 18.3. The van der Waals surface area contributed by atoms with Gasteiger partial charge in [0.15, 0.2) is 5.13 Å². The molecule has 1 atom stereocenters. The van der Waals surface area contributed by atoms with Crippen molar-refractivity contribution in [1.82, 2.24) is 9.97 Å². The molecule has 0 spiro atoms. The van der Waals surface area contributed by atoms with Gasteiger partial charge in [-0.25, -0.2) is 4.98 Å². The number of para-hydroxylation sites is 1.